The molecule has 2 unspecified atom stereocenters. The van der Waals surface area contributed by atoms with Gasteiger partial charge in [-0.3, -0.25) is 14.4 Å². The van der Waals surface area contributed by atoms with Gasteiger partial charge in [0.05, 0.1) is 19.2 Å². The molecule has 0 aromatic heterocycles. The van der Waals surface area contributed by atoms with Gasteiger partial charge in [0.1, 0.15) is 18.4 Å². The molecule has 0 bridgehead atoms. The standard InChI is InChI=1S/C22H30N4O5/c1-26-17(14-27)21(29)25-13-19(28)23-10-4-6-15-5-2-3-7-18(15)31-12-11-24-20(22(26)30)16-8-9-16/h2-7,16-17,20,24,27H,8-14H2,1H3,(H,23,28)(H,25,29)/b6-4+. The maximum atomic E-state index is 13.0. The van der Waals surface area contributed by atoms with E-state index < -0.39 is 24.6 Å². The maximum absolute atomic E-state index is 13.0. The van der Waals surface area contributed by atoms with E-state index in [-0.39, 0.29) is 30.8 Å². The van der Waals surface area contributed by atoms with E-state index in [0.717, 1.165) is 18.4 Å². The molecule has 0 saturated heterocycles. The number of para-hydroxylation sites is 1. The lowest BCUT2D eigenvalue weighted by Crippen LogP contribution is -2.56. The minimum Gasteiger partial charge on any atom is -0.492 e. The summed E-state index contributed by atoms with van der Waals surface area (Å²) in [6.45, 7) is 0.344. The summed E-state index contributed by atoms with van der Waals surface area (Å²) in [5, 5.41) is 18.1. The van der Waals surface area contributed by atoms with Crippen LogP contribution in [0.15, 0.2) is 30.3 Å². The Morgan fingerprint density at radius 3 is 2.68 bits per heavy atom. The molecule has 1 aliphatic heterocycles. The van der Waals surface area contributed by atoms with Crippen molar-refractivity contribution in [2.75, 3.05) is 39.9 Å². The Labute approximate surface area is 181 Å². The number of amides is 3. The lowest BCUT2D eigenvalue weighted by Gasteiger charge is -2.30. The first-order chi connectivity index (χ1) is 15.0. The topological polar surface area (TPSA) is 120 Å². The molecular weight excluding hydrogens is 400 g/mol. The van der Waals surface area contributed by atoms with Crippen molar-refractivity contribution in [1.29, 1.82) is 0 Å². The zero-order valence-electron chi connectivity index (χ0n) is 17.7. The van der Waals surface area contributed by atoms with E-state index in [1.807, 2.05) is 30.3 Å². The number of fused-ring (bicyclic) bond motifs is 1. The number of carbonyl (C=O) groups is 3. The molecule has 1 fully saturated rings. The Kier molecular flexibility index (Phi) is 8.02. The van der Waals surface area contributed by atoms with Crippen molar-refractivity contribution < 1.29 is 24.2 Å². The van der Waals surface area contributed by atoms with Crippen molar-refractivity contribution in [2.45, 2.75) is 24.9 Å². The number of carbonyl (C=O) groups excluding carboxylic acids is 3. The molecule has 0 spiro atoms. The van der Waals surface area contributed by atoms with Crippen molar-refractivity contribution in [3.63, 3.8) is 0 Å². The quantitative estimate of drug-likeness (QED) is 0.503. The van der Waals surface area contributed by atoms with Gasteiger partial charge in [-0.2, -0.15) is 0 Å². The van der Waals surface area contributed by atoms with Crippen molar-refractivity contribution >= 4 is 23.8 Å². The van der Waals surface area contributed by atoms with Gasteiger partial charge in [-0.05, 0) is 24.8 Å². The summed E-state index contributed by atoms with van der Waals surface area (Å²) in [7, 11) is 1.50. The number of nitrogens with one attached hydrogen (secondary N) is 3. The first-order valence-corrected chi connectivity index (χ1v) is 10.5. The number of aliphatic hydroxyl groups is 1. The van der Waals surface area contributed by atoms with Gasteiger partial charge >= 0.3 is 0 Å². The lowest BCUT2D eigenvalue weighted by molar-refractivity contribution is -0.142. The molecule has 3 rings (SSSR count). The van der Waals surface area contributed by atoms with Crippen LogP contribution in [0.25, 0.3) is 6.08 Å². The normalized spacial score (nSPS) is 25.4. The third-order valence-electron chi connectivity index (χ3n) is 5.43. The van der Waals surface area contributed by atoms with E-state index in [4.69, 9.17) is 4.74 Å². The highest BCUT2D eigenvalue weighted by Crippen LogP contribution is 2.33. The molecule has 1 aromatic rings. The van der Waals surface area contributed by atoms with E-state index >= 15 is 0 Å². The molecule has 3 amide bonds. The van der Waals surface area contributed by atoms with Crippen molar-refractivity contribution in [1.82, 2.24) is 20.9 Å². The second kappa shape index (κ2) is 10.9. The van der Waals surface area contributed by atoms with Crippen molar-refractivity contribution in [3.8, 4) is 5.75 Å². The third-order valence-corrected chi connectivity index (χ3v) is 5.43. The van der Waals surface area contributed by atoms with Gasteiger partial charge in [0.15, 0.2) is 0 Å². The number of nitrogens with zero attached hydrogens (tertiary/aromatic N) is 1. The Morgan fingerprint density at radius 1 is 1.16 bits per heavy atom. The average Bonchev–Trinajstić information content (AvgIpc) is 3.60. The predicted molar refractivity (Wildman–Crippen MR) is 115 cm³/mol. The average molecular weight is 431 g/mol. The summed E-state index contributed by atoms with van der Waals surface area (Å²) in [5.74, 6) is -0.287. The Hall–Kier alpha value is -2.91. The molecule has 4 N–H and O–H groups in total. The molecule has 2 atom stereocenters. The Bertz CT molecular complexity index is 824. The van der Waals surface area contributed by atoms with Gasteiger partial charge in [0, 0.05) is 25.7 Å². The van der Waals surface area contributed by atoms with Crippen LogP contribution in [-0.2, 0) is 14.4 Å². The van der Waals surface area contributed by atoms with Gasteiger partial charge in [-0.25, -0.2) is 0 Å². The zero-order chi connectivity index (χ0) is 22.2. The van der Waals surface area contributed by atoms with Crippen LogP contribution in [0.3, 0.4) is 0 Å². The summed E-state index contributed by atoms with van der Waals surface area (Å²) < 4.78 is 5.89. The Morgan fingerprint density at radius 2 is 1.94 bits per heavy atom. The molecule has 1 aromatic carbocycles. The van der Waals surface area contributed by atoms with E-state index in [1.165, 1.54) is 11.9 Å². The minimum atomic E-state index is -1.06. The first kappa shape index (κ1) is 22.8. The SMILES string of the molecule is CN1C(=O)C(C2CC2)NCCOc2ccccc2/C=C/CNC(=O)CNC(=O)C1CO. The number of benzene rings is 1. The van der Waals surface area contributed by atoms with Crippen molar-refractivity contribution in [2.24, 2.45) is 5.92 Å². The highest BCUT2D eigenvalue weighted by Gasteiger charge is 2.39. The highest BCUT2D eigenvalue weighted by molar-refractivity contribution is 5.92. The third kappa shape index (κ3) is 6.28. The van der Waals surface area contributed by atoms with Crippen LogP contribution in [0.2, 0.25) is 0 Å². The Balaban J connectivity index is 1.76. The molecule has 9 nitrogen and oxygen atoms in total. The molecule has 1 heterocycles. The van der Waals surface area contributed by atoms with Crippen LogP contribution < -0.4 is 20.7 Å². The van der Waals surface area contributed by atoms with Gasteiger partial charge in [-0.1, -0.05) is 30.4 Å². The summed E-state index contributed by atoms with van der Waals surface area (Å²) >= 11 is 0. The summed E-state index contributed by atoms with van der Waals surface area (Å²) in [4.78, 5) is 38.8. The van der Waals surface area contributed by atoms with Gasteiger partial charge in [0.2, 0.25) is 17.7 Å². The lowest BCUT2D eigenvalue weighted by atomic mass is 10.1. The van der Waals surface area contributed by atoms with E-state index in [9.17, 15) is 19.5 Å². The van der Waals surface area contributed by atoms with Gasteiger partial charge in [-0.15, -0.1) is 0 Å². The predicted octanol–water partition coefficient (Wildman–Crippen LogP) is -0.488. The molecule has 31 heavy (non-hydrogen) atoms. The number of likely N-dealkylation sites (N-methyl/N-ethyl adjacent to an activating group) is 1. The second-order valence-electron chi connectivity index (χ2n) is 7.73. The van der Waals surface area contributed by atoms with Crippen LogP contribution in [0.5, 0.6) is 5.75 Å². The fourth-order valence-electron chi connectivity index (χ4n) is 3.47. The molecule has 1 saturated carbocycles. The fourth-order valence-corrected chi connectivity index (χ4v) is 3.47. The number of ether oxygens (including phenoxy) is 1. The first-order valence-electron chi connectivity index (χ1n) is 10.5. The van der Waals surface area contributed by atoms with Crippen LogP contribution in [0.1, 0.15) is 18.4 Å². The number of rotatable bonds is 2. The molecule has 0 radical (unpaired) electrons. The fraction of sp³-hybridized carbons (Fsp3) is 0.500. The number of hydrogen-bond acceptors (Lipinski definition) is 6. The van der Waals surface area contributed by atoms with Gasteiger partial charge < -0.3 is 30.7 Å². The highest BCUT2D eigenvalue weighted by atomic mass is 16.5. The van der Waals surface area contributed by atoms with E-state index in [0.29, 0.717) is 18.9 Å². The molecule has 9 heteroatoms. The van der Waals surface area contributed by atoms with Crippen LogP contribution in [0, 0.1) is 5.92 Å². The van der Waals surface area contributed by atoms with E-state index in [2.05, 4.69) is 16.0 Å². The number of aliphatic hydroxyl groups excluding tert-OH is 1. The largest absolute Gasteiger partial charge is 0.492 e. The second-order valence-corrected chi connectivity index (χ2v) is 7.73. The minimum absolute atomic E-state index is 0.198. The maximum Gasteiger partial charge on any atom is 0.245 e. The van der Waals surface area contributed by atoms with E-state index in [1.54, 1.807) is 6.08 Å². The molecule has 1 aliphatic carbocycles. The van der Waals surface area contributed by atoms with Crippen molar-refractivity contribution in [3.05, 3.63) is 35.9 Å². The number of hydrogen-bond donors (Lipinski definition) is 4. The smallest absolute Gasteiger partial charge is 0.245 e. The van der Waals surface area contributed by atoms with Gasteiger partial charge in [0.25, 0.3) is 0 Å². The van der Waals surface area contributed by atoms with Crippen LogP contribution in [-0.4, -0.2) is 79.7 Å². The molecule has 2 aliphatic rings. The van der Waals surface area contributed by atoms with Crippen LogP contribution in [0.4, 0.5) is 0 Å². The molecular formula is C22H30N4O5. The summed E-state index contributed by atoms with van der Waals surface area (Å²) in [5.41, 5.74) is 0.881. The van der Waals surface area contributed by atoms with Crippen LogP contribution >= 0.6 is 0 Å². The molecule has 168 valence electrons. The summed E-state index contributed by atoms with van der Waals surface area (Å²) in [6, 6.07) is 6.06. The zero-order valence-corrected chi connectivity index (χ0v) is 17.7. The monoisotopic (exact) mass is 430 g/mol. The summed E-state index contributed by atoms with van der Waals surface area (Å²) in [6.07, 6.45) is 5.52.